The van der Waals surface area contributed by atoms with Crippen LogP contribution in [0, 0.1) is 46.8 Å². The molecule has 0 amide bonds. The maximum atomic E-state index is 2.97. The molecule has 7 aliphatic carbocycles. The third kappa shape index (κ3) is 4.94. The zero-order valence-electron chi connectivity index (χ0n) is 31.3. The van der Waals surface area contributed by atoms with Crippen molar-refractivity contribution in [1.82, 2.24) is 4.90 Å². The van der Waals surface area contributed by atoms with Crippen LogP contribution in [0.5, 0.6) is 0 Å². The van der Waals surface area contributed by atoms with E-state index in [0.29, 0.717) is 59.6 Å². The maximum Gasteiger partial charge on any atom is 0.0455 e. The van der Waals surface area contributed by atoms with E-state index in [1.54, 1.807) is 16.7 Å². The molecule has 2 heterocycles. The Morgan fingerprint density at radius 1 is 0.698 bits per heavy atom. The third-order valence-electron chi connectivity index (χ3n) is 15.0. The van der Waals surface area contributed by atoms with Gasteiger partial charge in [0.15, 0.2) is 0 Å². The SMILES string of the molecule is CC1(C)C2=CCC(N3C4C=CC=CC4C4C=C(C5CC=C6C(C5)C5=C(CCC=C5)N6c5ccc(-c6ccccc6)cc5)C=CC43)CC2C2C=CC=CC21. The Morgan fingerprint density at radius 2 is 1.47 bits per heavy atom. The Balaban J connectivity index is 0.865. The number of anilines is 1. The predicted molar refractivity (Wildman–Crippen MR) is 220 cm³/mol. The molecule has 1 saturated carbocycles. The summed E-state index contributed by atoms with van der Waals surface area (Å²) in [6.07, 6.45) is 44.6. The van der Waals surface area contributed by atoms with Gasteiger partial charge in [0.1, 0.15) is 0 Å². The minimum Gasteiger partial charge on any atom is -0.317 e. The fourth-order valence-electron chi connectivity index (χ4n) is 12.6. The second-order valence-corrected chi connectivity index (χ2v) is 17.8. The van der Waals surface area contributed by atoms with Crippen molar-refractivity contribution in [3.63, 3.8) is 0 Å². The standard InChI is InChI=1S/C51H52N2/c1-51(2)45-17-9-6-14-39(45)42-32-38(26-27-46(42)51)53-48-19-11-8-16-41(48)44-31-36(23-29-50(44)53)35-22-28-49-43(30-35)40-15-7-10-18-47(40)52(49)37-24-20-34(21-25-37)33-12-4-3-5-13-33/h3-9,11-17,19-21,23-25,27-29,31,35,38-39,41-45,48,50H,10,18,22,26,30,32H2,1-2H3. The molecule has 9 aliphatic rings. The summed E-state index contributed by atoms with van der Waals surface area (Å²) in [4.78, 5) is 5.60. The second-order valence-electron chi connectivity index (χ2n) is 17.8. The molecule has 266 valence electrons. The first-order valence-electron chi connectivity index (χ1n) is 20.7. The number of fused-ring (bicyclic) bond motifs is 8. The Labute approximate surface area is 316 Å². The van der Waals surface area contributed by atoms with Gasteiger partial charge in [0.2, 0.25) is 0 Å². The highest BCUT2D eigenvalue weighted by Gasteiger charge is 2.55. The van der Waals surface area contributed by atoms with E-state index in [-0.39, 0.29) is 5.41 Å². The highest BCUT2D eigenvalue weighted by atomic mass is 15.3. The normalized spacial score (nSPS) is 37.0. The van der Waals surface area contributed by atoms with Crippen molar-refractivity contribution in [3.8, 4) is 11.1 Å². The molecular weight excluding hydrogens is 641 g/mol. The minimum atomic E-state index is 0.259. The average Bonchev–Trinajstić information content (AvgIpc) is 3.81. The minimum absolute atomic E-state index is 0.259. The average molecular weight is 693 g/mol. The molecule has 0 spiro atoms. The van der Waals surface area contributed by atoms with Crippen LogP contribution in [0.4, 0.5) is 5.69 Å². The van der Waals surface area contributed by atoms with Crippen LogP contribution in [-0.2, 0) is 0 Å². The molecule has 2 nitrogen and oxygen atoms in total. The van der Waals surface area contributed by atoms with Crippen LogP contribution in [0.2, 0.25) is 0 Å². The summed E-state index contributed by atoms with van der Waals surface area (Å²) in [7, 11) is 0. The first-order chi connectivity index (χ1) is 26.0. The van der Waals surface area contributed by atoms with E-state index in [9.17, 15) is 0 Å². The van der Waals surface area contributed by atoms with Gasteiger partial charge in [-0.2, -0.15) is 0 Å². The lowest BCUT2D eigenvalue weighted by Gasteiger charge is -2.42. The monoisotopic (exact) mass is 692 g/mol. The summed E-state index contributed by atoms with van der Waals surface area (Å²) in [5, 5.41) is 0. The number of hydrogen-bond donors (Lipinski definition) is 0. The lowest BCUT2D eigenvalue weighted by atomic mass is 9.73. The van der Waals surface area contributed by atoms with Crippen molar-refractivity contribution in [2.45, 2.75) is 70.5 Å². The Bertz CT molecular complexity index is 2130. The lowest BCUT2D eigenvalue weighted by Crippen LogP contribution is -2.47. The first-order valence-corrected chi connectivity index (χ1v) is 20.7. The molecule has 53 heavy (non-hydrogen) atoms. The Hall–Kier alpha value is -4.40. The molecule has 10 unspecified atom stereocenters. The van der Waals surface area contributed by atoms with E-state index in [1.165, 1.54) is 47.5 Å². The quantitative estimate of drug-likeness (QED) is 0.294. The van der Waals surface area contributed by atoms with E-state index in [4.69, 9.17) is 0 Å². The van der Waals surface area contributed by atoms with E-state index in [1.807, 2.05) is 0 Å². The van der Waals surface area contributed by atoms with Crippen molar-refractivity contribution in [3.05, 3.63) is 174 Å². The molecule has 2 heteroatoms. The van der Waals surface area contributed by atoms with Gasteiger partial charge in [0, 0.05) is 53.0 Å². The highest BCUT2D eigenvalue weighted by molar-refractivity contribution is 5.71. The molecule has 1 saturated heterocycles. The van der Waals surface area contributed by atoms with Crippen LogP contribution >= 0.6 is 0 Å². The molecule has 11 rings (SSSR count). The zero-order valence-corrected chi connectivity index (χ0v) is 31.3. The molecule has 0 bridgehead atoms. The summed E-state index contributed by atoms with van der Waals surface area (Å²) in [5.74, 6) is 4.06. The fraction of sp³-hybridized carbons (Fsp3) is 0.373. The van der Waals surface area contributed by atoms with Gasteiger partial charge in [0.05, 0.1) is 0 Å². The van der Waals surface area contributed by atoms with Gasteiger partial charge >= 0.3 is 0 Å². The molecule has 10 atom stereocenters. The number of benzene rings is 2. The fourth-order valence-corrected chi connectivity index (χ4v) is 12.6. The molecule has 2 aromatic rings. The van der Waals surface area contributed by atoms with Crippen LogP contribution in [0.25, 0.3) is 11.1 Å². The van der Waals surface area contributed by atoms with E-state index in [0.717, 1.165) is 19.3 Å². The van der Waals surface area contributed by atoms with Gasteiger partial charge in [-0.15, -0.1) is 0 Å². The number of likely N-dealkylation sites (tertiary alicyclic amines) is 1. The van der Waals surface area contributed by atoms with Gasteiger partial charge in [-0.25, -0.2) is 0 Å². The maximum absolute atomic E-state index is 2.97. The lowest BCUT2D eigenvalue weighted by molar-refractivity contribution is 0.132. The number of allylic oxidation sites excluding steroid dienone is 14. The van der Waals surface area contributed by atoms with E-state index in [2.05, 4.69) is 169 Å². The van der Waals surface area contributed by atoms with Crippen molar-refractivity contribution in [2.24, 2.45) is 46.8 Å². The first kappa shape index (κ1) is 32.1. The van der Waals surface area contributed by atoms with Gasteiger partial charge in [-0.3, -0.25) is 4.90 Å². The molecular formula is C51H52N2. The van der Waals surface area contributed by atoms with Crippen LogP contribution in [-0.4, -0.2) is 23.0 Å². The summed E-state index contributed by atoms with van der Waals surface area (Å²) in [6.45, 7) is 5.01. The van der Waals surface area contributed by atoms with Gasteiger partial charge < -0.3 is 4.90 Å². The second kappa shape index (κ2) is 12.3. The summed E-state index contributed by atoms with van der Waals surface area (Å²) < 4.78 is 0. The van der Waals surface area contributed by atoms with E-state index >= 15 is 0 Å². The summed E-state index contributed by atoms with van der Waals surface area (Å²) >= 11 is 0. The largest absolute Gasteiger partial charge is 0.317 e. The molecule has 2 aliphatic heterocycles. The van der Waals surface area contributed by atoms with Crippen molar-refractivity contribution in [1.29, 1.82) is 0 Å². The van der Waals surface area contributed by atoms with Crippen LogP contribution < -0.4 is 4.90 Å². The highest BCUT2D eigenvalue weighted by Crippen LogP contribution is 2.60. The smallest absolute Gasteiger partial charge is 0.0455 e. The predicted octanol–water partition coefficient (Wildman–Crippen LogP) is 11.7. The Kier molecular flexibility index (Phi) is 7.45. The van der Waals surface area contributed by atoms with Crippen LogP contribution in [0.1, 0.15) is 52.4 Å². The molecule has 0 N–H and O–H groups in total. The van der Waals surface area contributed by atoms with Crippen molar-refractivity contribution < 1.29 is 0 Å². The van der Waals surface area contributed by atoms with Gasteiger partial charge in [0.25, 0.3) is 0 Å². The van der Waals surface area contributed by atoms with Crippen LogP contribution in [0.15, 0.2) is 174 Å². The topological polar surface area (TPSA) is 6.48 Å². The summed E-state index contributed by atoms with van der Waals surface area (Å²) in [5.41, 5.74) is 12.1. The number of rotatable bonds is 4. The molecule has 0 aromatic heterocycles. The van der Waals surface area contributed by atoms with Crippen molar-refractivity contribution >= 4 is 5.69 Å². The third-order valence-corrected chi connectivity index (χ3v) is 15.0. The number of nitrogens with zero attached hydrogens (tertiary/aromatic N) is 2. The molecule has 2 fully saturated rings. The van der Waals surface area contributed by atoms with E-state index < -0.39 is 0 Å². The number of hydrogen-bond acceptors (Lipinski definition) is 2. The van der Waals surface area contributed by atoms with Gasteiger partial charge in [-0.1, -0.05) is 153 Å². The summed E-state index contributed by atoms with van der Waals surface area (Å²) in [6, 6.07) is 21.6. The molecule has 2 aromatic carbocycles. The molecule has 0 radical (unpaired) electrons. The Morgan fingerprint density at radius 3 is 2.34 bits per heavy atom. The van der Waals surface area contributed by atoms with Gasteiger partial charge in [-0.05, 0) is 102 Å². The van der Waals surface area contributed by atoms with Crippen molar-refractivity contribution in [2.75, 3.05) is 4.90 Å². The zero-order chi connectivity index (χ0) is 35.3. The van der Waals surface area contributed by atoms with Crippen LogP contribution in [0.3, 0.4) is 0 Å².